The van der Waals surface area contributed by atoms with Crippen molar-refractivity contribution in [2.24, 2.45) is 16.6 Å². The van der Waals surface area contributed by atoms with E-state index >= 15 is 0 Å². The molecule has 1 heterocycles. The first-order valence-corrected chi connectivity index (χ1v) is 7.59. The molecule has 1 atom stereocenters. The van der Waals surface area contributed by atoms with Gasteiger partial charge < -0.3 is 16.0 Å². The third-order valence-electron chi connectivity index (χ3n) is 3.97. The van der Waals surface area contributed by atoms with Crippen LogP contribution in [0.25, 0.3) is 0 Å². The molecule has 1 aromatic rings. The van der Waals surface area contributed by atoms with Crippen molar-refractivity contribution >= 4 is 11.6 Å². The minimum Gasteiger partial charge on any atom is -0.370 e. The number of nitrogens with one attached hydrogen (secondary N) is 1. The molecule has 0 aromatic heterocycles. The summed E-state index contributed by atoms with van der Waals surface area (Å²) in [5, 5.41) is 3.16. The monoisotopic (exact) mass is 274 g/mol. The van der Waals surface area contributed by atoms with E-state index < -0.39 is 0 Å². The first-order valence-electron chi connectivity index (χ1n) is 7.59. The average Bonchev–Trinajstić information content (AvgIpc) is 2.94. The van der Waals surface area contributed by atoms with Crippen LogP contribution in [0, 0.1) is 5.92 Å². The van der Waals surface area contributed by atoms with Gasteiger partial charge in [-0.25, -0.2) is 0 Å². The van der Waals surface area contributed by atoms with Crippen LogP contribution in [0.4, 0.5) is 5.69 Å². The number of rotatable bonds is 5. The second-order valence-corrected chi connectivity index (χ2v) is 5.45. The average molecular weight is 274 g/mol. The number of hydrogen-bond acceptors (Lipinski definition) is 2. The van der Waals surface area contributed by atoms with Gasteiger partial charge in [-0.05, 0) is 49.5 Å². The number of benzene rings is 1. The van der Waals surface area contributed by atoms with Crippen LogP contribution in [0.15, 0.2) is 29.3 Å². The number of aliphatic imine (C=N–C) groups is 1. The van der Waals surface area contributed by atoms with Crippen molar-refractivity contribution in [3.63, 3.8) is 0 Å². The van der Waals surface area contributed by atoms with Crippen molar-refractivity contribution in [3.05, 3.63) is 29.8 Å². The number of anilines is 1. The van der Waals surface area contributed by atoms with Crippen molar-refractivity contribution in [1.29, 1.82) is 0 Å². The molecule has 0 spiro atoms. The third kappa shape index (κ3) is 4.23. The Hall–Kier alpha value is -1.55. The lowest BCUT2D eigenvalue weighted by Gasteiger charge is -2.12. The fourth-order valence-electron chi connectivity index (χ4n) is 2.59. The molecule has 20 heavy (non-hydrogen) atoms. The Labute approximate surface area is 122 Å². The number of nitrogens with two attached hydrogens (primary N) is 1. The number of aryl methyl sites for hydroxylation is 1. The van der Waals surface area contributed by atoms with Crippen molar-refractivity contribution < 1.29 is 0 Å². The molecule has 3 N–H and O–H groups in total. The zero-order chi connectivity index (χ0) is 14.4. The third-order valence-corrected chi connectivity index (χ3v) is 3.97. The van der Waals surface area contributed by atoms with E-state index in [1.54, 1.807) is 0 Å². The van der Waals surface area contributed by atoms with Gasteiger partial charge in [0.15, 0.2) is 5.96 Å². The minimum atomic E-state index is 0.518. The van der Waals surface area contributed by atoms with Gasteiger partial charge in [0.1, 0.15) is 0 Å². The predicted molar refractivity (Wildman–Crippen MR) is 86.2 cm³/mol. The highest BCUT2D eigenvalue weighted by Gasteiger charge is 2.20. The number of guanidine groups is 1. The predicted octanol–water partition coefficient (Wildman–Crippen LogP) is 2.32. The van der Waals surface area contributed by atoms with Gasteiger partial charge >= 0.3 is 0 Å². The van der Waals surface area contributed by atoms with Crippen molar-refractivity contribution in [3.8, 4) is 0 Å². The summed E-state index contributed by atoms with van der Waals surface area (Å²) in [4.78, 5) is 6.93. The van der Waals surface area contributed by atoms with Crippen LogP contribution < -0.4 is 11.1 Å². The highest BCUT2D eigenvalue weighted by atomic mass is 15.1. The van der Waals surface area contributed by atoms with E-state index in [9.17, 15) is 0 Å². The Morgan fingerprint density at radius 2 is 2.10 bits per heavy atom. The molecule has 0 radical (unpaired) electrons. The Bertz CT molecular complexity index is 438. The fourth-order valence-corrected chi connectivity index (χ4v) is 2.59. The summed E-state index contributed by atoms with van der Waals surface area (Å²) in [5.41, 5.74) is 8.28. The molecular weight excluding hydrogens is 248 g/mol. The van der Waals surface area contributed by atoms with Gasteiger partial charge in [0.05, 0.1) is 0 Å². The maximum atomic E-state index is 5.95. The fraction of sp³-hybridized carbons (Fsp3) is 0.562. The Morgan fingerprint density at radius 1 is 1.35 bits per heavy atom. The first kappa shape index (κ1) is 14.9. The summed E-state index contributed by atoms with van der Waals surface area (Å²) in [6, 6.07) is 8.34. The summed E-state index contributed by atoms with van der Waals surface area (Å²) >= 11 is 0. The lowest BCUT2D eigenvalue weighted by atomic mass is 10.1. The molecule has 4 nitrogen and oxygen atoms in total. The minimum absolute atomic E-state index is 0.518. The summed E-state index contributed by atoms with van der Waals surface area (Å²) in [5.74, 6) is 1.17. The molecular formula is C16H26N4. The lowest BCUT2D eigenvalue weighted by molar-refractivity contribution is 0.344. The molecule has 0 saturated carbocycles. The van der Waals surface area contributed by atoms with Crippen LogP contribution >= 0.6 is 0 Å². The summed E-state index contributed by atoms with van der Waals surface area (Å²) in [6.45, 7) is 8.67. The zero-order valence-corrected chi connectivity index (χ0v) is 12.6. The summed E-state index contributed by atoms with van der Waals surface area (Å²) in [6.07, 6.45) is 2.29. The summed E-state index contributed by atoms with van der Waals surface area (Å²) in [7, 11) is 0. The highest BCUT2D eigenvalue weighted by molar-refractivity contribution is 5.92. The quantitative estimate of drug-likeness (QED) is 0.640. The van der Waals surface area contributed by atoms with Crippen LogP contribution in [0.1, 0.15) is 25.8 Å². The summed E-state index contributed by atoms with van der Waals surface area (Å²) < 4.78 is 0. The van der Waals surface area contributed by atoms with E-state index in [1.807, 2.05) is 0 Å². The van der Waals surface area contributed by atoms with E-state index in [0.717, 1.165) is 31.7 Å². The van der Waals surface area contributed by atoms with Crippen molar-refractivity contribution in [2.75, 3.05) is 31.5 Å². The van der Waals surface area contributed by atoms with Gasteiger partial charge in [0, 0.05) is 18.8 Å². The number of nitrogens with zero attached hydrogens (tertiary/aromatic N) is 2. The van der Waals surface area contributed by atoms with Crippen LogP contribution in [-0.2, 0) is 6.42 Å². The molecule has 1 unspecified atom stereocenters. The molecule has 1 saturated heterocycles. The maximum Gasteiger partial charge on any atom is 0.193 e. The second kappa shape index (κ2) is 7.29. The largest absolute Gasteiger partial charge is 0.370 e. The maximum absolute atomic E-state index is 5.95. The first-order chi connectivity index (χ1) is 9.71. The molecule has 0 bridgehead atoms. The van der Waals surface area contributed by atoms with Gasteiger partial charge in [0.2, 0.25) is 0 Å². The van der Waals surface area contributed by atoms with Crippen LogP contribution in [0.2, 0.25) is 0 Å². The molecule has 0 aliphatic carbocycles. The SMILES string of the molecule is CCc1ccc(NC(N)=NCC2CCN(CC)C2)cc1. The molecule has 1 fully saturated rings. The van der Waals surface area contributed by atoms with Gasteiger partial charge in [0.25, 0.3) is 0 Å². The van der Waals surface area contributed by atoms with Crippen LogP contribution in [-0.4, -0.2) is 37.0 Å². The highest BCUT2D eigenvalue weighted by Crippen LogP contribution is 2.16. The van der Waals surface area contributed by atoms with E-state index in [4.69, 9.17) is 5.73 Å². The van der Waals surface area contributed by atoms with E-state index in [-0.39, 0.29) is 0 Å². The number of hydrogen-bond donors (Lipinski definition) is 2. The smallest absolute Gasteiger partial charge is 0.193 e. The molecule has 1 aliphatic heterocycles. The topological polar surface area (TPSA) is 53.6 Å². The Kier molecular flexibility index (Phi) is 5.41. The van der Waals surface area contributed by atoms with Crippen molar-refractivity contribution in [2.45, 2.75) is 26.7 Å². The molecule has 0 amide bonds. The van der Waals surface area contributed by atoms with E-state index in [1.165, 1.54) is 18.5 Å². The molecule has 110 valence electrons. The van der Waals surface area contributed by atoms with Gasteiger partial charge in [-0.1, -0.05) is 26.0 Å². The number of likely N-dealkylation sites (tertiary alicyclic amines) is 1. The standard InChI is InChI=1S/C16H26N4/c1-3-13-5-7-15(8-6-13)19-16(17)18-11-14-9-10-20(4-2)12-14/h5-8,14H,3-4,9-12H2,1-2H3,(H3,17,18,19). The molecule has 1 aliphatic rings. The lowest BCUT2D eigenvalue weighted by Crippen LogP contribution is -2.25. The normalized spacial score (nSPS) is 20.3. The molecule has 2 rings (SSSR count). The van der Waals surface area contributed by atoms with Gasteiger partial charge in [-0.15, -0.1) is 0 Å². The van der Waals surface area contributed by atoms with Crippen molar-refractivity contribution in [1.82, 2.24) is 4.90 Å². The van der Waals surface area contributed by atoms with E-state index in [2.05, 4.69) is 53.3 Å². The molecule has 1 aromatic carbocycles. The van der Waals surface area contributed by atoms with Crippen LogP contribution in [0.5, 0.6) is 0 Å². The molecule has 4 heteroatoms. The zero-order valence-electron chi connectivity index (χ0n) is 12.6. The Morgan fingerprint density at radius 3 is 2.70 bits per heavy atom. The second-order valence-electron chi connectivity index (χ2n) is 5.45. The Balaban J connectivity index is 1.81. The van der Waals surface area contributed by atoms with Gasteiger partial charge in [-0.3, -0.25) is 4.99 Å². The van der Waals surface area contributed by atoms with Crippen LogP contribution in [0.3, 0.4) is 0 Å². The van der Waals surface area contributed by atoms with Gasteiger partial charge in [-0.2, -0.15) is 0 Å². The van der Waals surface area contributed by atoms with E-state index in [0.29, 0.717) is 11.9 Å².